The van der Waals surface area contributed by atoms with Crippen molar-refractivity contribution in [1.82, 2.24) is 10.6 Å². The molecular formula is C14H24N2O6S. The molecule has 0 aromatic rings. The van der Waals surface area contributed by atoms with Crippen LogP contribution in [-0.4, -0.2) is 68.9 Å². The van der Waals surface area contributed by atoms with Gasteiger partial charge in [-0.2, -0.15) is 0 Å². The highest BCUT2D eigenvalue weighted by Gasteiger charge is 2.60. The number of hydrogen-bond donors (Lipinski definition) is 5. The van der Waals surface area contributed by atoms with Gasteiger partial charge in [0.2, 0.25) is 11.0 Å². The third-order valence-corrected chi connectivity index (χ3v) is 5.25. The van der Waals surface area contributed by atoms with Gasteiger partial charge in [-0.15, -0.1) is 0 Å². The number of aliphatic hydroxyl groups is 2. The number of nitrogens with one attached hydrogen (secondary N) is 2. The normalized spacial score (nSPS) is 30.1. The minimum absolute atomic E-state index is 0.0891. The summed E-state index contributed by atoms with van der Waals surface area (Å²) in [6.45, 7) is 4.81. The van der Waals surface area contributed by atoms with Crippen LogP contribution in [0.1, 0.15) is 20.8 Å². The van der Waals surface area contributed by atoms with Gasteiger partial charge in [-0.3, -0.25) is 14.4 Å². The zero-order chi connectivity index (χ0) is 17.9. The van der Waals surface area contributed by atoms with Gasteiger partial charge < -0.3 is 26.0 Å². The van der Waals surface area contributed by atoms with Crippen molar-refractivity contribution in [2.24, 2.45) is 11.8 Å². The van der Waals surface area contributed by atoms with E-state index in [4.69, 9.17) is 5.11 Å². The van der Waals surface area contributed by atoms with Crippen LogP contribution >= 0.6 is 11.8 Å². The molecule has 1 aliphatic heterocycles. The van der Waals surface area contributed by atoms with Gasteiger partial charge in [-0.25, -0.2) is 0 Å². The fourth-order valence-electron chi connectivity index (χ4n) is 2.55. The first-order chi connectivity index (χ1) is 10.6. The number of amides is 1. The summed E-state index contributed by atoms with van der Waals surface area (Å²) >= 11 is 0.670. The maximum absolute atomic E-state index is 12.7. The van der Waals surface area contributed by atoms with Gasteiger partial charge in [0.1, 0.15) is 6.04 Å². The van der Waals surface area contributed by atoms with E-state index < -0.39 is 46.7 Å². The Balaban J connectivity index is 3.05. The number of rotatable bonds is 7. The highest BCUT2D eigenvalue weighted by molar-refractivity contribution is 8.13. The van der Waals surface area contributed by atoms with Gasteiger partial charge in [0.05, 0.1) is 18.1 Å². The predicted octanol–water partition coefficient (Wildman–Crippen LogP) is -1.20. The van der Waals surface area contributed by atoms with Crippen molar-refractivity contribution in [2.75, 3.05) is 12.8 Å². The molecule has 0 aromatic heterocycles. The molecule has 0 bridgehead atoms. The zero-order valence-electron chi connectivity index (χ0n) is 13.6. The fraction of sp³-hybridized carbons (Fsp3) is 0.786. The Morgan fingerprint density at radius 2 is 2.00 bits per heavy atom. The summed E-state index contributed by atoms with van der Waals surface area (Å²) < 4.78 is 0. The average Bonchev–Trinajstić information content (AvgIpc) is 2.71. The van der Waals surface area contributed by atoms with Crippen LogP contribution in [0.15, 0.2) is 0 Å². The summed E-state index contributed by atoms with van der Waals surface area (Å²) in [5.74, 6) is -2.95. The summed E-state index contributed by atoms with van der Waals surface area (Å²) in [7, 11) is 1.46. The van der Waals surface area contributed by atoms with Crippen LogP contribution < -0.4 is 10.6 Å². The Labute approximate surface area is 139 Å². The minimum atomic E-state index is -1.83. The standard InChI is InChI=1S/C14H24N2O6S/c1-6(2)9(17)14(10(18)7(3)11(19)16-14)13(22)23-5-8(15-4)12(20)21/h6-10,15,17-18H,5H2,1-4H3,(H,16,19)(H,20,21)/t7-,8?,9+,10+,14-/m1/s1. The monoisotopic (exact) mass is 348 g/mol. The molecule has 5 N–H and O–H groups in total. The van der Waals surface area contributed by atoms with E-state index in [1.165, 1.54) is 14.0 Å². The smallest absolute Gasteiger partial charge is 0.321 e. The number of thioether (sulfide) groups is 1. The molecule has 0 spiro atoms. The predicted molar refractivity (Wildman–Crippen MR) is 84.8 cm³/mol. The highest BCUT2D eigenvalue weighted by atomic mass is 32.2. The van der Waals surface area contributed by atoms with Crippen molar-refractivity contribution in [2.45, 2.75) is 44.6 Å². The van der Waals surface area contributed by atoms with Gasteiger partial charge in [0.15, 0.2) is 5.54 Å². The summed E-state index contributed by atoms with van der Waals surface area (Å²) in [5.41, 5.74) is -1.83. The number of aliphatic carboxylic acids is 1. The number of hydrogen-bond acceptors (Lipinski definition) is 7. The van der Waals surface area contributed by atoms with Gasteiger partial charge >= 0.3 is 5.97 Å². The van der Waals surface area contributed by atoms with E-state index in [-0.39, 0.29) is 11.7 Å². The molecule has 9 heteroatoms. The van der Waals surface area contributed by atoms with Crippen LogP contribution in [0.5, 0.6) is 0 Å². The Morgan fingerprint density at radius 3 is 2.35 bits per heavy atom. The van der Waals surface area contributed by atoms with Gasteiger partial charge in [0.25, 0.3) is 0 Å². The molecule has 1 unspecified atom stereocenters. The van der Waals surface area contributed by atoms with Crippen molar-refractivity contribution in [3.05, 3.63) is 0 Å². The van der Waals surface area contributed by atoms with E-state index in [0.29, 0.717) is 11.8 Å². The molecule has 132 valence electrons. The molecule has 23 heavy (non-hydrogen) atoms. The highest BCUT2D eigenvalue weighted by Crippen LogP contribution is 2.36. The lowest BCUT2D eigenvalue weighted by atomic mass is 9.81. The number of likely N-dealkylation sites (N-methyl/N-ethyl adjacent to an activating group) is 1. The second kappa shape index (κ2) is 7.61. The maximum Gasteiger partial charge on any atom is 0.321 e. The first-order valence-corrected chi connectivity index (χ1v) is 8.33. The lowest BCUT2D eigenvalue weighted by molar-refractivity contribution is -0.138. The molecule has 1 aliphatic rings. The Bertz CT molecular complexity index is 486. The number of carboxylic acids is 1. The van der Waals surface area contributed by atoms with E-state index in [2.05, 4.69) is 10.6 Å². The van der Waals surface area contributed by atoms with Crippen molar-refractivity contribution >= 4 is 28.8 Å². The average molecular weight is 348 g/mol. The van der Waals surface area contributed by atoms with Crippen LogP contribution in [0, 0.1) is 11.8 Å². The van der Waals surface area contributed by atoms with E-state index in [1.54, 1.807) is 13.8 Å². The van der Waals surface area contributed by atoms with Crippen LogP contribution in [0.3, 0.4) is 0 Å². The van der Waals surface area contributed by atoms with E-state index in [0.717, 1.165) is 0 Å². The largest absolute Gasteiger partial charge is 0.480 e. The minimum Gasteiger partial charge on any atom is -0.480 e. The van der Waals surface area contributed by atoms with Crippen molar-refractivity contribution in [1.29, 1.82) is 0 Å². The molecule has 5 atom stereocenters. The molecule has 1 saturated heterocycles. The summed E-state index contributed by atoms with van der Waals surface area (Å²) in [6.07, 6.45) is -2.67. The third-order valence-electron chi connectivity index (χ3n) is 4.15. The second-order valence-corrected chi connectivity index (χ2v) is 7.05. The van der Waals surface area contributed by atoms with Crippen LogP contribution in [0.4, 0.5) is 0 Å². The summed E-state index contributed by atoms with van der Waals surface area (Å²) in [6, 6.07) is -0.955. The Kier molecular flexibility index (Phi) is 6.58. The Hall–Kier alpha value is -1.16. The summed E-state index contributed by atoms with van der Waals surface area (Å²) in [4.78, 5) is 35.5. The van der Waals surface area contributed by atoms with Gasteiger partial charge in [0, 0.05) is 5.75 Å². The SMILES string of the molecule is CNC(CSC(=O)[C@]1([C@@H](O)C(C)C)NC(=O)[C@H](C)[C@@H]1O)C(=O)O. The van der Waals surface area contributed by atoms with Gasteiger partial charge in [-0.05, 0) is 13.0 Å². The van der Waals surface area contributed by atoms with E-state index in [9.17, 15) is 24.6 Å². The zero-order valence-corrected chi connectivity index (χ0v) is 14.4. The Morgan fingerprint density at radius 1 is 1.43 bits per heavy atom. The first-order valence-electron chi connectivity index (χ1n) is 7.35. The van der Waals surface area contributed by atoms with Crippen molar-refractivity contribution in [3.63, 3.8) is 0 Å². The molecule has 0 radical (unpaired) electrons. The van der Waals surface area contributed by atoms with E-state index >= 15 is 0 Å². The number of aliphatic hydroxyl groups excluding tert-OH is 2. The molecule has 1 amide bonds. The third kappa shape index (κ3) is 3.68. The molecule has 1 heterocycles. The molecule has 0 saturated carbocycles. The molecular weight excluding hydrogens is 324 g/mol. The van der Waals surface area contributed by atoms with E-state index in [1.807, 2.05) is 0 Å². The number of carbonyl (C=O) groups excluding carboxylic acids is 2. The van der Waals surface area contributed by atoms with Crippen LogP contribution in [0.25, 0.3) is 0 Å². The topological polar surface area (TPSA) is 136 Å². The molecule has 8 nitrogen and oxygen atoms in total. The molecule has 1 rings (SSSR count). The van der Waals surface area contributed by atoms with Crippen LogP contribution in [0.2, 0.25) is 0 Å². The quantitative estimate of drug-likeness (QED) is 0.387. The molecule has 0 aromatic carbocycles. The van der Waals surface area contributed by atoms with Gasteiger partial charge in [-0.1, -0.05) is 32.5 Å². The molecule has 0 aliphatic carbocycles. The van der Waals surface area contributed by atoms with Crippen molar-refractivity contribution < 1.29 is 29.7 Å². The second-order valence-electron chi connectivity index (χ2n) is 6.06. The molecule has 1 fully saturated rings. The van der Waals surface area contributed by atoms with Crippen LogP contribution in [-0.2, 0) is 14.4 Å². The first kappa shape index (κ1) is 19.9. The van der Waals surface area contributed by atoms with Crippen molar-refractivity contribution in [3.8, 4) is 0 Å². The number of carbonyl (C=O) groups is 3. The fourth-order valence-corrected chi connectivity index (χ4v) is 3.71. The summed E-state index contributed by atoms with van der Waals surface area (Å²) in [5, 5.41) is 34.2. The lowest BCUT2D eigenvalue weighted by Gasteiger charge is -2.37. The maximum atomic E-state index is 12.7. The number of carboxylic acid groups (broad SMARTS) is 1. The lowest BCUT2D eigenvalue weighted by Crippen LogP contribution is -2.64.